The monoisotopic (exact) mass is 249 g/mol. The van der Waals surface area contributed by atoms with Crippen molar-refractivity contribution in [1.82, 2.24) is 5.32 Å². The summed E-state index contributed by atoms with van der Waals surface area (Å²) in [6.45, 7) is 7.80. The zero-order chi connectivity index (χ0) is 12.3. The number of benzene rings is 1. The standard InChI is InChI=1S/C15H23NS/c1-4-12(3)17-15-8-5-13(9-11(15)2)10-16-14-6-7-14/h5,8-9,12,14,16H,4,6-7,10H2,1-3H3. The van der Waals surface area contributed by atoms with Crippen LogP contribution in [0.4, 0.5) is 0 Å². The van der Waals surface area contributed by atoms with E-state index in [9.17, 15) is 0 Å². The van der Waals surface area contributed by atoms with Gasteiger partial charge in [-0.05, 0) is 43.4 Å². The molecule has 0 aliphatic heterocycles. The van der Waals surface area contributed by atoms with Gasteiger partial charge in [-0.15, -0.1) is 11.8 Å². The smallest absolute Gasteiger partial charge is 0.0208 e. The van der Waals surface area contributed by atoms with Gasteiger partial charge >= 0.3 is 0 Å². The van der Waals surface area contributed by atoms with E-state index in [0.717, 1.165) is 12.6 Å². The number of hydrogen-bond acceptors (Lipinski definition) is 2. The number of thioether (sulfide) groups is 1. The highest BCUT2D eigenvalue weighted by Gasteiger charge is 2.19. The molecule has 1 saturated carbocycles. The molecule has 94 valence electrons. The molecule has 1 atom stereocenters. The molecular weight excluding hydrogens is 226 g/mol. The maximum atomic E-state index is 3.56. The molecule has 1 aromatic rings. The quantitative estimate of drug-likeness (QED) is 0.761. The zero-order valence-corrected chi connectivity index (χ0v) is 11.9. The number of nitrogens with one attached hydrogen (secondary N) is 1. The van der Waals surface area contributed by atoms with E-state index in [1.165, 1.54) is 35.3 Å². The van der Waals surface area contributed by atoms with Crippen molar-refractivity contribution in [2.24, 2.45) is 0 Å². The van der Waals surface area contributed by atoms with Gasteiger partial charge in [-0.1, -0.05) is 26.0 Å². The summed E-state index contributed by atoms with van der Waals surface area (Å²) < 4.78 is 0. The molecule has 1 unspecified atom stereocenters. The van der Waals surface area contributed by atoms with Crippen LogP contribution in [-0.2, 0) is 6.54 Å². The lowest BCUT2D eigenvalue weighted by Crippen LogP contribution is -2.15. The molecule has 0 aromatic heterocycles. The van der Waals surface area contributed by atoms with Crippen molar-refractivity contribution < 1.29 is 0 Å². The highest BCUT2D eigenvalue weighted by atomic mass is 32.2. The van der Waals surface area contributed by atoms with Crippen molar-refractivity contribution in [2.45, 2.75) is 62.8 Å². The lowest BCUT2D eigenvalue weighted by atomic mass is 10.1. The van der Waals surface area contributed by atoms with Crippen molar-refractivity contribution >= 4 is 11.8 Å². The van der Waals surface area contributed by atoms with Crippen molar-refractivity contribution in [2.75, 3.05) is 0 Å². The maximum Gasteiger partial charge on any atom is 0.0208 e. The van der Waals surface area contributed by atoms with Gasteiger partial charge in [0.1, 0.15) is 0 Å². The fraction of sp³-hybridized carbons (Fsp3) is 0.600. The molecule has 2 rings (SSSR count). The van der Waals surface area contributed by atoms with Crippen LogP contribution in [0.1, 0.15) is 44.2 Å². The van der Waals surface area contributed by atoms with Gasteiger partial charge in [0.2, 0.25) is 0 Å². The van der Waals surface area contributed by atoms with Crippen LogP contribution in [0.2, 0.25) is 0 Å². The minimum absolute atomic E-state index is 0.712. The molecule has 1 aromatic carbocycles. The summed E-state index contributed by atoms with van der Waals surface area (Å²) in [5, 5.41) is 4.28. The van der Waals surface area contributed by atoms with Crippen LogP contribution in [0.15, 0.2) is 23.1 Å². The van der Waals surface area contributed by atoms with Crippen LogP contribution in [-0.4, -0.2) is 11.3 Å². The molecule has 1 N–H and O–H groups in total. The molecule has 0 radical (unpaired) electrons. The SMILES string of the molecule is CCC(C)Sc1ccc(CNC2CC2)cc1C. The largest absolute Gasteiger partial charge is 0.310 e. The van der Waals surface area contributed by atoms with Crippen LogP contribution in [0.3, 0.4) is 0 Å². The molecule has 1 nitrogen and oxygen atoms in total. The van der Waals surface area contributed by atoms with Gasteiger partial charge in [0.05, 0.1) is 0 Å². The normalized spacial score (nSPS) is 17.1. The van der Waals surface area contributed by atoms with E-state index in [-0.39, 0.29) is 0 Å². The summed E-state index contributed by atoms with van der Waals surface area (Å²) in [6.07, 6.45) is 3.96. The second-order valence-corrected chi connectivity index (χ2v) is 6.57. The number of hydrogen-bond donors (Lipinski definition) is 1. The first-order valence-electron chi connectivity index (χ1n) is 6.68. The van der Waals surface area contributed by atoms with Crippen LogP contribution < -0.4 is 5.32 Å². The summed E-state index contributed by atoms with van der Waals surface area (Å²) in [5.41, 5.74) is 2.84. The van der Waals surface area contributed by atoms with E-state index in [2.05, 4.69) is 44.3 Å². The minimum atomic E-state index is 0.712. The summed E-state index contributed by atoms with van der Waals surface area (Å²) >= 11 is 2.00. The van der Waals surface area contributed by atoms with Crippen LogP contribution >= 0.6 is 11.8 Å². The first-order valence-corrected chi connectivity index (χ1v) is 7.56. The summed E-state index contributed by atoms with van der Waals surface area (Å²) in [7, 11) is 0. The Labute approximate surface area is 109 Å². The lowest BCUT2D eigenvalue weighted by Gasteiger charge is -2.12. The molecule has 2 heteroatoms. The van der Waals surface area contributed by atoms with Gasteiger partial charge in [-0.3, -0.25) is 0 Å². The summed E-state index contributed by atoms with van der Waals surface area (Å²) in [6, 6.07) is 7.69. The highest BCUT2D eigenvalue weighted by Crippen LogP contribution is 2.28. The fourth-order valence-corrected chi connectivity index (χ4v) is 2.80. The van der Waals surface area contributed by atoms with E-state index < -0.39 is 0 Å². The number of rotatable bonds is 6. The van der Waals surface area contributed by atoms with Gasteiger partial charge < -0.3 is 5.32 Å². The molecule has 0 heterocycles. The molecule has 1 aliphatic carbocycles. The van der Waals surface area contributed by atoms with E-state index in [0.29, 0.717) is 5.25 Å². The third-order valence-electron chi connectivity index (χ3n) is 3.31. The maximum absolute atomic E-state index is 3.56. The second-order valence-electron chi connectivity index (χ2n) is 5.09. The Balaban J connectivity index is 1.94. The van der Waals surface area contributed by atoms with Crippen LogP contribution in [0.5, 0.6) is 0 Å². The molecule has 1 fully saturated rings. The molecule has 0 bridgehead atoms. The molecule has 0 spiro atoms. The van der Waals surface area contributed by atoms with Gasteiger partial charge in [0.15, 0.2) is 0 Å². The second kappa shape index (κ2) is 5.92. The van der Waals surface area contributed by atoms with Crippen molar-refractivity contribution in [3.8, 4) is 0 Å². The van der Waals surface area contributed by atoms with Crippen molar-refractivity contribution in [3.63, 3.8) is 0 Å². The van der Waals surface area contributed by atoms with E-state index in [4.69, 9.17) is 0 Å². The topological polar surface area (TPSA) is 12.0 Å². The Morgan fingerprint density at radius 3 is 2.76 bits per heavy atom. The Kier molecular flexibility index (Phi) is 4.52. The molecule has 0 saturated heterocycles. The van der Waals surface area contributed by atoms with Gasteiger partial charge in [-0.2, -0.15) is 0 Å². The zero-order valence-electron chi connectivity index (χ0n) is 11.1. The molecular formula is C15H23NS. The van der Waals surface area contributed by atoms with Crippen molar-refractivity contribution in [1.29, 1.82) is 0 Å². The lowest BCUT2D eigenvalue weighted by molar-refractivity contribution is 0.687. The van der Waals surface area contributed by atoms with E-state index in [1.54, 1.807) is 0 Å². The Hall–Kier alpha value is -0.470. The predicted octanol–water partition coefficient (Wildman–Crippen LogP) is 4.14. The molecule has 1 aliphatic rings. The number of aryl methyl sites for hydroxylation is 1. The molecule has 17 heavy (non-hydrogen) atoms. The summed E-state index contributed by atoms with van der Waals surface area (Å²) in [4.78, 5) is 1.44. The third kappa shape index (κ3) is 4.04. The van der Waals surface area contributed by atoms with E-state index in [1.807, 2.05) is 11.8 Å². The first kappa shape index (κ1) is 13.0. The van der Waals surface area contributed by atoms with E-state index >= 15 is 0 Å². The Bertz CT molecular complexity index is 371. The van der Waals surface area contributed by atoms with Crippen molar-refractivity contribution in [3.05, 3.63) is 29.3 Å². The van der Waals surface area contributed by atoms with Gasteiger partial charge in [-0.25, -0.2) is 0 Å². The van der Waals surface area contributed by atoms with Crippen LogP contribution in [0, 0.1) is 6.92 Å². The molecule has 0 amide bonds. The predicted molar refractivity (Wildman–Crippen MR) is 76.7 cm³/mol. The third-order valence-corrected chi connectivity index (χ3v) is 4.76. The summed E-state index contributed by atoms with van der Waals surface area (Å²) in [5.74, 6) is 0. The minimum Gasteiger partial charge on any atom is -0.310 e. The highest BCUT2D eigenvalue weighted by molar-refractivity contribution is 8.00. The van der Waals surface area contributed by atoms with Gasteiger partial charge in [0.25, 0.3) is 0 Å². The first-order chi connectivity index (χ1) is 8.19. The average molecular weight is 249 g/mol. The fourth-order valence-electron chi connectivity index (χ4n) is 1.80. The van der Waals surface area contributed by atoms with Gasteiger partial charge in [0, 0.05) is 22.7 Å². The Morgan fingerprint density at radius 2 is 2.18 bits per heavy atom. The average Bonchev–Trinajstić information content (AvgIpc) is 3.13. The van der Waals surface area contributed by atoms with Crippen LogP contribution in [0.25, 0.3) is 0 Å². The Morgan fingerprint density at radius 1 is 1.41 bits per heavy atom.